The Morgan fingerprint density at radius 1 is 0.960 bits per heavy atom. The Bertz CT molecular complexity index is 904. The van der Waals surface area contributed by atoms with Crippen LogP contribution in [-0.4, -0.2) is 21.6 Å². The predicted molar refractivity (Wildman–Crippen MR) is 105 cm³/mol. The summed E-state index contributed by atoms with van der Waals surface area (Å²) in [7, 11) is 0. The van der Waals surface area contributed by atoms with E-state index in [9.17, 15) is 4.79 Å². The molecule has 3 aromatic rings. The lowest BCUT2D eigenvalue weighted by Crippen LogP contribution is -2.16. The SMILES string of the molecule is Cc1cccc(C)c1NC(=O)CSCc1nc2ccccc2nc1C. The Balaban J connectivity index is 1.61. The van der Waals surface area contributed by atoms with E-state index in [1.54, 1.807) is 11.8 Å². The van der Waals surface area contributed by atoms with Crippen LogP contribution in [0.3, 0.4) is 0 Å². The molecule has 0 aliphatic rings. The minimum Gasteiger partial charge on any atom is -0.325 e. The van der Waals surface area contributed by atoms with Gasteiger partial charge in [-0.3, -0.25) is 4.79 Å². The van der Waals surface area contributed by atoms with Crippen LogP contribution in [0.1, 0.15) is 22.5 Å². The number of hydrogen-bond donors (Lipinski definition) is 1. The average Bonchev–Trinajstić information content (AvgIpc) is 2.59. The molecule has 4 nitrogen and oxygen atoms in total. The molecule has 25 heavy (non-hydrogen) atoms. The van der Waals surface area contributed by atoms with Crippen LogP contribution in [0.5, 0.6) is 0 Å². The summed E-state index contributed by atoms with van der Waals surface area (Å²) in [6.07, 6.45) is 0. The molecule has 0 saturated heterocycles. The molecule has 0 saturated carbocycles. The first kappa shape index (κ1) is 17.4. The third-order valence-corrected chi connectivity index (χ3v) is 5.00. The highest BCUT2D eigenvalue weighted by Gasteiger charge is 2.09. The van der Waals surface area contributed by atoms with E-state index in [0.717, 1.165) is 39.2 Å². The normalized spacial score (nSPS) is 10.8. The molecule has 0 fully saturated rings. The van der Waals surface area contributed by atoms with Gasteiger partial charge in [-0.2, -0.15) is 0 Å². The van der Waals surface area contributed by atoms with Crippen molar-refractivity contribution in [2.75, 3.05) is 11.1 Å². The first-order valence-corrected chi connectivity index (χ1v) is 9.36. The summed E-state index contributed by atoms with van der Waals surface area (Å²) in [5.41, 5.74) is 6.72. The number of nitrogens with one attached hydrogen (secondary N) is 1. The molecule has 5 heteroatoms. The monoisotopic (exact) mass is 351 g/mol. The summed E-state index contributed by atoms with van der Waals surface area (Å²) in [6.45, 7) is 5.97. The minimum atomic E-state index is 0.00815. The molecule has 0 unspecified atom stereocenters. The fraction of sp³-hybridized carbons (Fsp3) is 0.250. The van der Waals surface area contributed by atoms with Gasteiger partial charge in [0.1, 0.15) is 0 Å². The van der Waals surface area contributed by atoms with E-state index in [1.807, 2.05) is 63.2 Å². The van der Waals surface area contributed by atoms with Gasteiger partial charge in [0, 0.05) is 11.4 Å². The van der Waals surface area contributed by atoms with E-state index < -0.39 is 0 Å². The van der Waals surface area contributed by atoms with Crippen LogP contribution in [-0.2, 0) is 10.5 Å². The number of aryl methyl sites for hydroxylation is 3. The summed E-state index contributed by atoms with van der Waals surface area (Å²) >= 11 is 1.55. The van der Waals surface area contributed by atoms with Crippen LogP contribution in [0.4, 0.5) is 5.69 Å². The van der Waals surface area contributed by atoms with Crippen molar-refractivity contribution >= 4 is 34.4 Å². The second kappa shape index (κ2) is 7.66. The smallest absolute Gasteiger partial charge is 0.234 e. The van der Waals surface area contributed by atoms with Gasteiger partial charge in [0.15, 0.2) is 0 Å². The molecule has 2 aromatic carbocycles. The Labute approximate surface area is 152 Å². The highest BCUT2D eigenvalue weighted by molar-refractivity contribution is 7.99. The van der Waals surface area contributed by atoms with E-state index in [-0.39, 0.29) is 5.91 Å². The van der Waals surface area contributed by atoms with Gasteiger partial charge in [0.2, 0.25) is 5.91 Å². The third-order valence-electron chi connectivity index (χ3n) is 4.06. The van der Waals surface area contributed by atoms with Crippen molar-refractivity contribution in [3.8, 4) is 0 Å². The van der Waals surface area contributed by atoms with Gasteiger partial charge in [-0.05, 0) is 44.0 Å². The van der Waals surface area contributed by atoms with Crippen LogP contribution >= 0.6 is 11.8 Å². The Kier molecular flexibility index (Phi) is 5.34. The van der Waals surface area contributed by atoms with E-state index in [2.05, 4.69) is 15.3 Å². The van der Waals surface area contributed by atoms with E-state index in [0.29, 0.717) is 11.5 Å². The molecule has 1 aromatic heterocycles. The summed E-state index contributed by atoms with van der Waals surface area (Å²) < 4.78 is 0. The number of benzene rings is 2. The quantitative estimate of drug-likeness (QED) is 0.739. The predicted octanol–water partition coefficient (Wildman–Crippen LogP) is 4.43. The topological polar surface area (TPSA) is 54.9 Å². The summed E-state index contributed by atoms with van der Waals surface area (Å²) in [5.74, 6) is 1.07. The molecule has 0 aliphatic carbocycles. The lowest BCUT2D eigenvalue weighted by atomic mass is 10.1. The maximum Gasteiger partial charge on any atom is 0.234 e. The zero-order chi connectivity index (χ0) is 17.8. The molecule has 128 valence electrons. The number of hydrogen-bond acceptors (Lipinski definition) is 4. The lowest BCUT2D eigenvalue weighted by Gasteiger charge is -2.11. The number of para-hydroxylation sites is 3. The molecule has 1 amide bonds. The van der Waals surface area contributed by atoms with Gasteiger partial charge in [-0.1, -0.05) is 30.3 Å². The largest absolute Gasteiger partial charge is 0.325 e. The van der Waals surface area contributed by atoms with Crippen molar-refractivity contribution in [1.82, 2.24) is 9.97 Å². The zero-order valence-electron chi connectivity index (χ0n) is 14.7. The molecular weight excluding hydrogens is 330 g/mol. The molecule has 0 bridgehead atoms. The number of carbonyl (C=O) groups is 1. The fourth-order valence-corrected chi connectivity index (χ4v) is 3.52. The maximum atomic E-state index is 12.2. The molecule has 1 heterocycles. The third kappa shape index (κ3) is 4.17. The van der Waals surface area contributed by atoms with Crippen molar-refractivity contribution < 1.29 is 4.79 Å². The molecule has 0 spiro atoms. The molecule has 1 N–H and O–H groups in total. The van der Waals surface area contributed by atoms with Crippen LogP contribution < -0.4 is 5.32 Å². The van der Waals surface area contributed by atoms with Crippen molar-refractivity contribution in [1.29, 1.82) is 0 Å². The number of thioether (sulfide) groups is 1. The second-order valence-electron chi connectivity index (χ2n) is 6.05. The number of rotatable bonds is 5. The van der Waals surface area contributed by atoms with Gasteiger partial charge >= 0.3 is 0 Å². The van der Waals surface area contributed by atoms with Crippen LogP contribution in [0, 0.1) is 20.8 Å². The van der Waals surface area contributed by atoms with Crippen LogP contribution in [0.15, 0.2) is 42.5 Å². The molecule has 0 radical (unpaired) electrons. The van der Waals surface area contributed by atoms with Gasteiger partial charge in [0.25, 0.3) is 0 Å². The number of amides is 1. The minimum absolute atomic E-state index is 0.00815. The van der Waals surface area contributed by atoms with Crippen molar-refractivity contribution in [2.45, 2.75) is 26.5 Å². The van der Waals surface area contributed by atoms with Gasteiger partial charge < -0.3 is 5.32 Å². The van der Waals surface area contributed by atoms with Gasteiger partial charge in [-0.25, -0.2) is 9.97 Å². The first-order valence-electron chi connectivity index (χ1n) is 8.20. The van der Waals surface area contributed by atoms with Crippen LogP contribution in [0.25, 0.3) is 11.0 Å². The fourth-order valence-electron chi connectivity index (χ4n) is 2.69. The average molecular weight is 351 g/mol. The Morgan fingerprint density at radius 3 is 2.28 bits per heavy atom. The Morgan fingerprint density at radius 2 is 1.60 bits per heavy atom. The number of nitrogens with zero attached hydrogens (tertiary/aromatic N) is 2. The van der Waals surface area contributed by atoms with Crippen LogP contribution in [0.2, 0.25) is 0 Å². The van der Waals surface area contributed by atoms with Crippen molar-refractivity contribution in [2.24, 2.45) is 0 Å². The van der Waals surface area contributed by atoms with E-state index in [4.69, 9.17) is 0 Å². The number of anilines is 1. The van der Waals surface area contributed by atoms with Gasteiger partial charge in [-0.15, -0.1) is 11.8 Å². The Hall–Kier alpha value is -2.40. The number of fused-ring (bicyclic) bond motifs is 1. The lowest BCUT2D eigenvalue weighted by molar-refractivity contribution is -0.113. The first-order chi connectivity index (χ1) is 12.0. The summed E-state index contributed by atoms with van der Waals surface area (Å²) in [5, 5.41) is 3.01. The van der Waals surface area contributed by atoms with Crippen molar-refractivity contribution in [3.05, 3.63) is 65.0 Å². The zero-order valence-corrected chi connectivity index (χ0v) is 15.5. The summed E-state index contributed by atoms with van der Waals surface area (Å²) in [4.78, 5) is 21.5. The molecule has 0 aliphatic heterocycles. The highest BCUT2D eigenvalue weighted by atomic mass is 32.2. The van der Waals surface area contributed by atoms with E-state index >= 15 is 0 Å². The number of carbonyl (C=O) groups excluding carboxylic acids is 1. The second-order valence-corrected chi connectivity index (χ2v) is 7.04. The standard InChI is InChI=1S/C20H21N3OS/c1-13-7-6-8-14(2)20(13)23-19(24)12-25-11-18-15(3)21-16-9-4-5-10-17(16)22-18/h4-10H,11-12H2,1-3H3,(H,23,24). The summed E-state index contributed by atoms with van der Waals surface area (Å²) in [6, 6.07) is 13.8. The molecular formula is C20H21N3OS. The van der Waals surface area contributed by atoms with Gasteiger partial charge in [0.05, 0.1) is 28.2 Å². The van der Waals surface area contributed by atoms with Crippen molar-refractivity contribution in [3.63, 3.8) is 0 Å². The van der Waals surface area contributed by atoms with E-state index in [1.165, 1.54) is 0 Å². The molecule has 3 rings (SSSR count). The molecule has 0 atom stereocenters. The number of aromatic nitrogens is 2. The maximum absolute atomic E-state index is 12.2. The highest BCUT2D eigenvalue weighted by Crippen LogP contribution is 2.21.